The molecule has 0 spiro atoms. The topological polar surface area (TPSA) is 134 Å². The maximum absolute atomic E-state index is 13.5. The van der Waals surface area contributed by atoms with Gasteiger partial charge in [0.2, 0.25) is 0 Å². The van der Waals surface area contributed by atoms with Gasteiger partial charge < -0.3 is 29.0 Å². The van der Waals surface area contributed by atoms with Crippen molar-refractivity contribution < 1.29 is 36.9 Å². The van der Waals surface area contributed by atoms with Gasteiger partial charge in [-0.25, -0.2) is 13.2 Å². The minimum Gasteiger partial charge on any atom is -0.493 e. The number of aromatic nitrogens is 1. The lowest BCUT2D eigenvalue weighted by atomic mass is 10.0. The molecule has 2 N–H and O–H groups in total. The lowest BCUT2D eigenvalue weighted by Gasteiger charge is -2.17. The van der Waals surface area contributed by atoms with Crippen molar-refractivity contribution in [3.63, 3.8) is 0 Å². The van der Waals surface area contributed by atoms with Crippen LogP contribution >= 0.6 is 0 Å². The molecule has 0 fully saturated rings. The first kappa shape index (κ1) is 30.3. The van der Waals surface area contributed by atoms with Crippen LogP contribution in [-0.4, -0.2) is 54.5 Å². The molecule has 0 unspecified atom stereocenters. The second kappa shape index (κ2) is 13.3. The molecule has 0 aliphatic carbocycles. The third kappa shape index (κ3) is 6.77. The van der Waals surface area contributed by atoms with Crippen molar-refractivity contribution in [2.45, 2.75) is 24.8 Å². The van der Waals surface area contributed by atoms with Crippen molar-refractivity contribution in [1.29, 1.82) is 0 Å². The van der Waals surface area contributed by atoms with Crippen LogP contribution in [0, 0.1) is 0 Å². The summed E-state index contributed by atoms with van der Waals surface area (Å²) < 4.78 is 56.4. The number of methoxy groups -OCH3 is 4. The van der Waals surface area contributed by atoms with Crippen molar-refractivity contribution in [3.05, 3.63) is 77.6 Å². The second-order valence-electron chi connectivity index (χ2n) is 9.05. The van der Waals surface area contributed by atoms with Gasteiger partial charge in [-0.1, -0.05) is 12.1 Å². The SMILES string of the molecule is CCOC(=O)NCc1ccc(S(=O)(=O)Nc2cc(OC)c(OC)cc2Cc2nccc3cc(OC)c(OC)cc23)cc1. The summed E-state index contributed by atoms with van der Waals surface area (Å²) in [5.41, 5.74) is 2.32. The van der Waals surface area contributed by atoms with Gasteiger partial charge in [-0.2, -0.15) is 0 Å². The monoisotopic (exact) mass is 595 g/mol. The molecule has 11 nitrogen and oxygen atoms in total. The quantitative estimate of drug-likeness (QED) is 0.234. The third-order valence-electron chi connectivity index (χ3n) is 6.51. The summed E-state index contributed by atoms with van der Waals surface area (Å²) in [6.07, 6.45) is 1.41. The Morgan fingerprint density at radius 1 is 0.833 bits per heavy atom. The van der Waals surface area contributed by atoms with Crippen LogP contribution in [-0.2, 0) is 27.7 Å². The van der Waals surface area contributed by atoms with Crippen LogP contribution in [0.3, 0.4) is 0 Å². The molecule has 0 saturated carbocycles. The van der Waals surface area contributed by atoms with Crippen molar-refractivity contribution >= 4 is 32.6 Å². The highest BCUT2D eigenvalue weighted by Gasteiger charge is 2.20. The number of pyridine rings is 1. The number of benzene rings is 3. The van der Waals surface area contributed by atoms with E-state index in [2.05, 4.69) is 15.0 Å². The van der Waals surface area contributed by atoms with Crippen molar-refractivity contribution in [2.24, 2.45) is 0 Å². The van der Waals surface area contributed by atoms with Gasteiger partial charge in [-0.15, -0.1) is 0 Å². The summed E-state index contributed by atoms with van der Waals surface area (Å²) in [6, 6.07) is 15.1. The zero-order valence-electron chi connectivity index (χ0n) is 24.0. The van der Waals surface area contributed by atoms with Crippen molar-refractivity contribution in [1.82, 2.24) is 10.3 Å². The Labute approximate surface area is 244 Å². The summed E-state index contributed by atoms with van der Waals surface area (Å²) in [7, 11) is 2.11. The number of ether oxygens (including phenoxy) is 5. The van der Waals surface area contributed by atoms with Gasteiger partial charge in [0.15, 0.2) is 23.0 Å². The Hall–Kier alpha value is -4.71. The predicted molar refractivity (Wildman–Crippen MR) is 158 cm³/mol. The maximum atomic E-state index is 13.5. The average Bonchev–Trinajstić information content (AvgIpc) is 3.00. The molecular weight excluding hydrogens is 562 g/mol. The fraction of sp³-hybridized carbons (Fsp3) is 0.267. The zero-order chi connectivity index (χ0) is 30.3. The number of fused-ring (bicyclic) bond motifs is 1. The van der Waals surface area contributed by atoms with Crippen molar-refractivity contribution in [2.75, 3.05) is 39.8 Å². The summed E-state index contributed by atoms with van der Waals surface area (Å²) in [5.74, 6) is 1.93. The highest BCUT2D eigenvalue weighted by molar-refractivity contribution is 7.92. The number of alkyl carbamates (subject to hydrolysis) is 1. The fourth-order valence-corrected chi connectivity index (χ4v) is 5.48. The van der Waals surface area contributed by atoms with E-state index in [9.17, 15) is 13.2 Å². The van der Waals surface area contributed by atoms with Gasteiger partial charge in [0.25, 0.3) is 10.0 Å². The van der Waals surface area contributed by atoms with Gasteiger partial charge in [-0.05, 0) is 59.8 Å². The maximum Gasteiger partial charge on any atom is 0.407 e. The highest BCUT2D eigenvalue weighted by atomic mass is 32.2. The predicted octanol–water partition coefficient (Wildman–Crippen LogP) is 4.91. The van der Waals surface area contributed by atoms with Gasteiger partial charge >= 0.3 is 6.09 Å². The number of sulfonamides is 1. The molecule has 0 bridgehead atoms. The smallest absolute Gasteiger partial charge is 0.407 e. The average molecular weight is 596 g/mol. The number of hydrogen-bond donors (Lipinski definition) is 2. The molecular formula is C30H33N3O8S. The summed E-state index contributed by atoms with van der Waals surface area (Å²) in [5, 5.41) is 4.32. The normalized spacial score (nSPS) is 11.1. The molecule has 1 aromatic heterocycles. The number of carbonyl (C=O) groups is 1. The Balaban J connectivity index is 1.68. The van der Waals surface area contributed by atoms with Gasteiger partial charge in [0.1, 0.15) is 0 Å². The van der Waals surface area contributed by atoms with E-state index in [1.165, 1.54) is 26.4 Å². The molecule has 1 heterocycles. The molecule has 42 heavy (non-hydrogen) atoms. The number of nitrogens with one attached hydrogen (secondary N) is 2. The van der Waals surface area contributed by atoms with Crippen LogP contribution in [0.25, 0.3) is 10.8 Å². The Bertz CT molecular complexity index is 1670. The van der Waals surface area contributed by atoms with E-state index in [0.29, 0.717) is 45.5 Å². The minimum absolute atomic E-state index is 0.0447. The Morgan fingerprint density at radius 2 is 1.45 bits per heavy atom. The van der Waals surface area contributed by atoms with Crippen LogP contribution in [0.4, 0.5) is 10.5 Å². The van der Waals surface area contributed by atoms with Gasteiger partial charge in [0.05, 0.1) is 51.3 Å². The van der Waals surface area contributed by atoms with Crippen LogP contribution in [0.2, 0.25) is 0 Å². The molecule has 0 aliphatic rings. The first-order valence-electron chi connectivity index (χ1n) is 13.0. The number of carbonyl (C=O) groups excluding carboxylic acids is 1. The highest BCUT2D eigenvalue weighted by Crippen LogP contribution is 2.38. The molecule has 4 aromatic rings. The summed E-state index contributed by atoms with van der Waals surface area (Å²) >= 11 is 0. The molecule has 0 saturated heterocycles. The van der Waals surface area contributed by atoms with Crippen LogP contribution < -0.4 is 29.0 Å². The molecule has 0 radical (unpaired) electrons. The van der Waals surface area contributed by atoms with E-state index in [1.807, 2.05) is 18.2 Å². The van der Waals surface area contributed by atoms with E-state index in [0.717, 1.165) is 10.8 Å². The standard InChI is InChI=1S/C30H33N3O8S/c1-6-41-30(34)32-18-19-7-9-22(10-8-19)42(35,36)33-24-17-29(40-5)27(38-3)15-21(24)13-25-23-16-28(39-4)26(37-2)14-20(23)11-12-31-25/h7-12,14-17,33H,6,13,18H2,1-5H3,(H,32,34). The Morgan fingerprint density at radius 3 is 2.10 bits per heavy atom. The van der Waals surface area contributed by atoms with Crippen LogP contribution in [0.15, 0.2) is 65.7 Å². The second-order valence-corrected chi connectivity index (χ2v) is 10.7. The number of anilines is 1. The van der Waals surface area contributed by atoms with Crippen molar-refractivity contribution in [3.8, 4) is 23.0 Å². The third-order valence-corrected chi connectivity index (χ3v) is 7.89. The molecule has 0 atom stereocenters. The number of nitrogens with zero attached hydrogens (tertiary/aromatic N) is 1. The molecule has 0 aliphatic heterocycles. The summed E-state index contributed by atoms with van der Waals surface area (Å²) in [4.78, 5) is 16.2. The summed E-state index contributed by atoms with van der Waals surface area (Å²) in [6.45, 7) is 2.16. The van der Waals surface area contributed by atoms with Gasteiger partial charge in [-0.3, -0.25) is 9.71 Å². The minimum atomic E-state index is -4.01. The first-order valence-corrected chi connectivity index (χ1v) is 14.5. The number of rotatable bonds is 12. The lowest BCUT2D eigenvalue weighted by molar-refractivity contribution is 0.151. The van der Waals surface area contributed by atoms with E-state index < -0.39 is 16.1 Å². The van der Waals surface area contributed by atoms with E-state index >= 15 is 0 Å². The van der Waals surface area contributed by atoms with E-state index in [1.54, 1.807) is 51.6 Å². The molecule has 3 aromatic carbocycles. The molecule has 12 heteroatoms. The van der Waals surface area contributed by atoms with Crippen LogP contribution in [0.1, 0.15) is 23.7 Å². The molecule has 4 rings (SSSR count). The Kier molecular flexibility index (Phi) is 9.58. The van der Waals surface area contributed by atoms with Crippen LogP contribution in [0.5, 0.6) is 23.0 Å². The lowest BCUT2D eigenvalue weighted by Crippen LogP contribution is -2.23. The largest absolute Gasteiger partial charge is 0.493 e. The van der Waals surface area contributed by atoms with E-state index in [4.69, 9.17) is 23.7 Å². The number of amides is 1. The van der Waals surface area contributed by atoms with E-state index in [-0.39, 0.29) is 24.5 Å². The number of hydrogen-bond acceptors (Lipinski definition) is 9. The van der Waals surface area contributed by atoms with Gasteiger partial charge in [0, 0.05) is 30.6 Å². The fourth-order valence-electron chi connectivity index (χ4n) is 4.39. The zero-order valence-corrected chi connectivity index (χ0v) is 24.8. The first-order chi connectivity index (χ1) is 20.2. The molecule has 1 amide bonds. The molecule has 222 valence electrons.